The van der Waals surface area contributed by atoms with Crippen molar-refractivity contribution < 1.29 is 0 Å². The van der Waals surface area contributed by atoms with E-state index in [9.17, 15) is 0 Å². The maximum Gasteiger partial charge on any atom is 0.0726 e. The van der Waals surface area contributed by atoms with Gasteiger partial charge in [0.1, 0.15) is 0 Å². The van der Waals surface area contributed by atoms with Gasteiger partial charge in [-0.3, -0.25) is 0 Å². The monoisotopic (exact) mass is 603 g/mol. The zero-order valence-corrected chi connectivity index (χ0v) is 26.2. The van der Waals surface area contributed by atoms with Crippen molar-refractivity contribution in [2.24, 2.45) is 0 Å². The van der Waals surface area contributed by atoms with Gasteiger partial charge in [-0.05, 0) is 88.3 Å². The quantitative estimate of drug-likeness (QED) is 0.194. The zero-order valence-electron chi connectivity index (χ0n) is 25.4. The molecule has 216 valence electrons. The molecular formula is C44H29NS. The standard InChI is InChI=1S/C44H29NS/c1-28-19-21-30(22-20-28)45(29-11-3-2-4-12-29)31-23-24-33-32-13-5-8-16-37(32)44(40(33)27-31)38-17-9-6-15-36(38)42-39(44)26-25-35-34-14-7-10-18-41(34)46-43(35)42/h2-27H,1H3. The second-order valence-corrected chi connectivity index (χ2v) is 13.6. The molecule has 10 rings (SSSR count). The number of nitrogens with zero attached hydrogens (tertiary/aromatic N) is 1. The molecule has 1 spiro atoms. The number of benzene rings is 7. The van der Waals surface area contributed by atoms with E-state index in [1.807, 2.05) is 11.3 Å². The smallest absolute Gasteiger partial charge is 0.0726 e. The first-order valence-electron chi connectivity index (χ1n) is 15.9. The fraction of sp³-hybridized carbons (Fsp3) is 0.0455. The van der Waals surface area contributed by atoms with E-state index in [1.165, 1.54) is 70.2 Å². The van der Waals surface area contributed by atoms with Crippen molar-refractivity contribution in [1.29, 1.82) is 0 Å². The lowest BCUT2D eigenvalue weighted by Crippen LogP contribution is -2.26. The average molecular weight is 604 g/mol. The minimum Gasteiger partial charge on any atom is -0.310 e. The van der Waals surface area contributed by atoms with E-state index in [2.05, 4.69) is 170 Å². The van der Waals surface area contributed by atoms with Crippen LogP contribution in [0.5, 0.6) is 0 Å². The summed E-state index contributed by atoms with van der Waals surface area (Å²) in [6.07, 6.45) is 0. The fourth-order valence-electron chi connectivity index (χ4n) is 8.25. The summed E-state index contributed by atoms with van der Waals surface area (Å²) in [5.74, 6) is 0. The number of hydrogen-bond donors (Lipinski definition) is 0. The molecule has 0 saturated heterocycles. The van der Waals surface area contributed by atoms with Crippen molar-refractivity contribution in [1.82, 2.24) is 0 Å². The highest BCUT2D eigenvalue weighted by atomic mass is 32.1. The molecule has 46 heavy (non-hydrogen) atoms. The summed E-state index contributed by atoms with van der Waals surface area (Å²) in [5, 5.41) is 2.69. The van der Waals surface area contributed by atoms with Gasteiger partial charge in [-0.15, -0.1) is 11.3 Å². The van der Waals surface area contributed by atoms with Gasteiger partial charge in [0.15, 0.2) is 0 Å². The van der Waals surface area contributed by atoms with Crippen molar-refractivity contribution in [2.45, 2.75) is 12.3 Å². The SMILES string of the molecule is Cc1ccc(N(c2ccccc2)c2ccc3c(c2)C2(c4ccccc4-3)c3ccccc3-c3c2ccc2c3sc3ccccc32)cc1. The lowest BCUT2D eigenvalue weighted by atomic mass is 9.70. The molecule has 1 atom stereocenters. The minimum absolute atomic E-state index is 0.409. The Kier molecular flexibility index (Phi) is 5.35. The molecule has 2 heteroatoms. The third kappa shape index (κ3) is 3.34. The van der Waals surface area contributed by atoms with E-state index in [1.54, 1.807) is 0 Å². The minimum atomic E-state index is -0.409. The number of hydrogen-bond acceptors (Lipinski definition) is 2. The van der Waals surface area contributed by atoms with Crippen LogP contribution in [-0.2, 0) is 5.41 Å². The van der Waals surface area contributed by atoms with Crippen molar-refractivity contribution in [3.8, 4) is 22.3 Å². The lowest BCUT2D eigenvalue weighted by molar-refractivity contribution is 0.794. The van der Waals surface area contributed by atoms with Crippen LogP contribution in [0.15, 0.2) is 158 Å². The van der Waals surface area contributed by atoms with Gasteiger partial charge in [-0.2, -0.15) is 0 Å². The van der Waals surface area contributed by atoms with Crippen LogP contribution in [0.25, 0.3) is 42.4 Å². The van der Waals surface area contributed by atoms with Gasteiger partial charge in [0, 0.05) is 42.8 Å². The van der Waals surface area contributed by atoms with Crippen molar-refractivity contribution >= 4 is 48.6 Å². The maximum absolute atomic E-state index is 2.48. The summed E-state index contributed by atoms with van der Waals surface area (Å²) in [6.45, 7) is 2.15. The Bertz CT molecular complexity index is 2490. The largest absolute Gasteiger partial charge is 0.310 e. The van der Waals surface area contributed by atoms with Gasteiger partial charge < -0.3 is 4.90 Å². The zero-order chi connectivity index (χ0) is 30.4. The van der Waals surface area contributed by atoms with E-state index in [0.29, 0.717) is 0 Å². The predicted molar refractivity (Wildman–Crippen MR) is 195 cm³/mol. The highest BCUT2D eigenvalue weighted by Crippen LogP contribution is 2.65. The number of para-hydroxylation sites is 1. The van der Waals surface area contributed by atoms with Gasteiger partial charge in [0.25, 0.3) is 0 Å². The van der Waals surface area contributed by atoms with Crippen LogP contribution < -0.4 is 4.90 Å². The summed E-state index contributed by atoms with van der Waals surface area (Å²) in [4.78, 5) is 2.40. The number of anilines is 3. The first kappa shape index (κ1) is 25.8. The fourth-order valence-corrected chi connectivity index (χ4v) is 9.51. The van der Waals surface area contributed by atoms with Crippen molar-refractivity contribution in [3.05, 3.63) is 186 Å². The molecular weight excluding hydrogens is 575 g/mol. The Morgan fingerprint density at radius 2 is 1.09 bits per heavy atom. The normalized spacial score (nSPS) is 15.6. The van der Waals surface area contributed by atoms with Gasteiger partial charge in [0.2, 0.25) is 0 Å². The molecule has 0 amide bonds. The summed E-state index contributed by atoms with van der Waals surface area (Å²) >= 11 is 1.93. The highest BCUT2D eigenvalue weighted by molar-refractivity contribution is 7.26. The van der Waals surface area contributed by atoms with Crippen molar-refractivity contribution in [2.75, 3.05) is 4.90 Å². The van der Waals surface area contributed by atoms with E-state index in [4.69, 9.17) is 0 Å². The third-order valence-electron chi connectivity index (χ3n) is 10.1. The molecule has 0 aliphatic heterocycles. The van der Waals surface area contributed by atoms with Gasteiger partial charge >= 0.3 is 0 Å². The van der Waals surface area contributed by atoms with Crippen LogP contribution in [0.3, 0.4) is 0 Å². The first-order valence-corrected chi connectivity index (χ1v) is 16.8. The van der Waals surface area contributed by atoms with Crippen LogP contribution in [-0.4, -0.2) is 0 Å². The summed E-state index contributed by atoms with van der Waals surface area (Å²) in [5.41, 5.74) is 15.2. The number of thiophene rings is 1. The lowest BCUT2D eigenvalue weighted by Gasteiger charge is -2.32. The molecule has 1 nitrogen and oxygen atoms in total. The van der Waals surface area contributed by atoms with Crippen LogP contribution >= 0.6 is 11.3 Å². The van der Waals surface area contributed by atoms with Crippen LogP contribution in [0.4, 0.5) is 17.1 Å². The Hall–Kier alpha value is -5.44. The molecule has 0 radical (unpaired) electrons. The molecule has 1 aromatic heterocycles. The Labute approximate surface area is 272 Å². The average Bonchev–Trinajstić information content (AvgIpc) is 3.73. The molecule has 2 aliphatic carbocycles. The molecule has 2 aliphatic rings. The molecule has 1 unspecified atom stereocenters. The second-order valence-electron chi connectivity index (χ2n) is 12.5. The Morgan fingerprint density at radius 1 is 0.457 bits per heavy atom. The Balaban J connectivity index is 1.31. The molecule has 0 saturated carbocycles. The number of rotatable bonds is 3. The molecule has 8 aromatic rings. The van der Waals surface area contributed by atoms with E-state index in [0.717, 1.165) is 17.1 Å². The van der Waals surface area contributed by atoms with E-state index < -0.39 is 5.41 Å². The molecule has 7 aromatic carbocycles. The predicted octanol–water partition coefficient (Wildman–Crippen LogP) is 12.2. The third-order valence-corrected chi connectivity index (χ3v) is 11.3. The molecule has 0 bridgehead atoms. The van der Waals surface area contributed by atoms with Crippen LogP contribution in [0, 0.1) is 6.92 Å². The Morgan fingerprint density at radius 3 is 1.91 bits per heavy atom. The second kappa shape index (κ2) is 9.53. The van der Waals surface area contributed by atoms with Crippen LogP contribution in [0.1, 0.15) is 27.8 Å². The van der Waals surface area contributed by atoms with Crippen molar-refractivity contribution in [3.63, 3.8) is 0 Å². The summed E-state index contributed by atoms with van der Waals surface area (Å²) in [6, 6.07) is 58.7. The van der Waals surface area contributed by atoms with Gasteiger partial charge in [0.05, 0.1) is 5.41 Å². The topological polar surface area (TPSA) is 3.24 Å². The summed E-state index contributed by atoms with van der Waals surface area (Å²) < 4.78 is 2.73. The van der Waals surface area contributed by atoms with E-state index >= 15 is 0 Å². The summed E-state index contributed by atoms with van der Waals surface area (Å²) in [7, 11) is 0. The number of fused-ring (bicyclic) bond motifs is 14. The first-order chi connectivity index (χ1) is 22.7. The van der Waals surface area contributed by atoms with Gasteiger partial charge in [-0.25, -0.2) is 0 Å². The molecule has 0 N–H and O–H groups in total. The number of aryl methyl sites for hydroxylation is 1. The van der Waals surface area contributed by atoms with E-state index in [-0.39, 0.29) is 0 Å². The molecule has 1 heterocycles. The maximum atomic E-state index is 2.48. The van der Waals surface area contributed by atoms with Crippen LogP contribution in [0.2, 0.25) is 0 Å². The highest BCUT2D eigenvalue weighted by Gasteiger charge is 2.52. The molecule has 0 fully saturated rings. The van der Waals surface area contributed by atoms with Gasteiger partial charge in [-0.1, -0.05) is 121 Å².